The zero-order valence-electron chi connectivity index (χ0n) is 18.1. The average Bonchev–Trinajstić information content (AvgIpc) is 3.10. The molecule has 4 rings (SSSR count). The molecule has 1 aliphatic heterocycles. The fourth-order valence-electron chi connectivity index (χ4n) is 3.39. The van der Waals surface area contributed by atoms with Crippen LogP contribution in [0.3, 0.4) is 0 Å². The van der Waals surface area contributed by atoms with Crippen molar-refractivity contribution in [2.75, 3.05) is 5.73 Å². The minimum atomic E-state index is -4.48. The first-order valence-corrected chi connectivity index (χ1v) is 11.6. The van der Waals surface area contributed by atoms with Gasteiger partial charge in [0, 0.05) is 28.0 Å². The molecule has 0 atom stereocenters. The number of hydrogen-bond acceptors (Lipinski definition) is 7. The number of nitrogens with zero attached hydrogens (tertiary/aromatic N) is 3. The van der Waals surface area contributed by atoms with Gasteiger partial charge in [0.25, 0.3) is 10.1 Å². The van der Waals surface area contributed by atoms with E-state index in [1.165, 1.54) is 6.07 Å². The van der Waals surface area contributed by atoms with E-state index in [1.54, 1.807) is 42.6 Å². The normalized spacial score (nSPS) is 17.8. The number of rotatable bonds is 4. The molecule has 0 saturated heterocycles. The molecule has 2 aromatic carbocycles. The van der Waals surface area contributed by atoms with Gasteiger partial charge in [-0.2, -0.15) is 13.5 Å². The Morgan fingerprint density at radius 1 is 1.06 bits per heavy atom. The molecule has 0 fully saturated rings. The van der Waals surface area contributed by atoms with E-state index in [2.05, 4.69) is 46.8 Å². The van der Waals surface area contributed by atoms with Crippen molar-refractivity contribution in [3.05, 3.63) is 90.3 Å². The van der Waals surface area contributed by atoms with Gasteiger partial charge < -0.3 is 5.73 Å². The van der Waals surface area contributed by atoms with Gasteiger partial charge in [0.15, 0.2) is 0 Å². The molecule has 2 aromatic rings. The Balaban J connectivity index is 1.63. The predicted molar refractivity (Wildman–Crippen MR) is 131 cm³/mol. The number of hydrazone groups is 1. The molecule has 1 aliphatic carbocycles. The van der Waals surface area contributed by atoms with Crippen molar-refractivity contribution in [1.82, 2.24) is 5.43 Å². The molecule has 0 unspecified atom stereocenters. The van der Waals surface area contributed by atoms with Crippen LogP contribution in [0.25, 0.3) is 10.8 Å². The predicted octanol–water partition coefficient (Wildman–Crippen LogP) is 5.19. The topological polar surface area (TPSA) is 130 Å². The van der Waals surface area contributed by atoms with Gasteiger partial charge in [-0.05, 0) is 18.2 Å². The highest BCUT2D eigenvalue weighted by Gasteiger charge is 2.18. The Bertz CT molecular complexity index is 1440. The Labute approximate surface area is 192 Å². The lowest BCUT2D eigenvalue weighted by Crippen LogP contribution is -2.04. The number of anilines is 1. The van der Waals surface area contributed by atoms with Crippen LogP contribution >= 0.6 is 0 Å². The SMILES string of the molecule is CC1(C)C=CC=C(C2=NNC=C(/N=N/c3cc(S(=O)(=O)O)c4ccccc4c3N)C=C2)C=C1. The molecule has 0 spiro atoms. The molecular formula is C24H23N5O3S. The zero-order valence-corrected chi connectivity index (χ0v) is 18.9. The highest BCUT2D eigenvalue weighted by Crippen LogP contribution is 2.36. The summed E-state index contributed by atoms with van der Waals surface area (Å²) in [7, 11) is -4.48. The molecule has 33 heavy (non-hydrogen) atoms. The van der Waals surface area contributed by atoms with E-state index < -0.39 is 10.1 Å². The Morgan fingerprint density at radius 2 is 1.82 bits per heavy atom. The van der Waals surface area contributed by atoms with E-state index in [0.717, 1.165) is 5.57 Å². The van der Waals surface area contributed by atoms with Crippen molar-refractivity contribution in [2.45, 2.75) is 18.7 Å². The largest absolute Gasteiger partial charge is 0.396 e. The fraction of sp³-hybridized carbons (Fsp3) is 0.125. The lowest BCUT2D eigenvalue weighted by Gasteiger charge is -2.12. The van der Waals surface area contributed by atoms with Gasteiger partial charge in [-0.1, -0.05) is 68.5 Å². The summed E-state index contributed by atoms with van der Waals surface area (Å²) < 4.78 is 33.4. The first-order valence-electron chi connectivity index (χ1n) is 10.2. The lowest BCUT2D eigenvalue weighted by molar-refractivity contribution is 0.484. The second-order valence-electron chi connectivity index (χ2n) is 8.19. The van der Waals surface area contributed by atoms with Crippen molar-refractivity contribution in [2.24, 2.45) is 20.7 Å². The maximum Gasteiger partial charge on any atom is 0.295 e. The van der Waals surface area contributed by atoms with Gasteiger partial charge in [0.05, 0.1) is 11.4 Å². The smallest absolute Gasteiger partial charge is 0.295 e. The van der Waals surface area contributed by atoms with Crippen LogP contribution in [0.2, 0.25) is 0 Å². The highest BCUT2D eigenvalue weighted by molar-refractivity contribution is 7.86. The standard InChI is InChI=1S/C24H23N5O3S/c1-24(2)12-5-6-16(11-13-24)20-10-9-17(15-26-28-20)27-29-21-14-22(33(30,31)32)18-7-3-4-8-19(18)23(21)25/h3-15,26H,25H2,1-2H3,(H,30,31,32)/b29-27+. The molecule has 0 radical (unpaired) electrons. The van der Waals surface area contributed by atoms with Crippen LogP contribution in [0.1, 0.15) is 13.8 Å². The van der Waals surface area contributed by atoms with E-state index in [4.69, 9.17) is 5.73 Å². The summed E-state index contributed by atoms with van der Waals surface area (Å²) in [5.41, 5.74) is 11.5. The number of nitrogen functional groups attached to an aromatic ring is 1. The molecule has 0 bridgehead atoms. The third kappa shape index (κ3) is 5.00. The van der Waals surface area contributed by atoms with E-state index in [9.17, 15) is 13.0 Å². The monoisotopic (exact) mass is 461 g/mol. The van der Waals surface area contributed by atoms with Gasteiger partial charge in [-0.15, -0.1) is 10.2 Å². The maximum atomic E-state index is 11.9. The zero-order chi connectivity index (χ0) is 23.6. The van der Waals surface area contributed by atoms with Crippen molar-refractivity contribution in [3.63, 3.8) is 0 Å². The van der Waals surface area contributed by atoms with Crippen LogP contribution in [0.5, 0.6) is 0 Å². The molecule has 8 nitrogen and oxygen atoms in total. The molecule has 4 N–H and O–H groups in total. The quantitative estimate of drug-likeness (QED) is 0.328. The minimum absolute atomic E-state index is 0.0427. The molecule has 1 heterocycles. The molecule has 2 aliphatic rings. The van der Waals surface area contributed by atoms with Crippen LogP contribution < -0.4 is 11.2 Å². The number of benzene rings is 2. The number of allylic oxidation sites excluding steroid dienone is 8. The summed E-state index contributed by atoms with van der Waals surface area (Å²) in [6.45, 7) is 4.23. The van der Waals surface area contributed by atoms with Gasteiger partial charge in [0.1, 0.15) is 16.3 Å². The van der Waals surface area contributed by atoms with Crippen molar-refractivity contribution < 1.29 is 13.0 Å². The summed E-state index contributed by atoms with van der Waals surface area (Å²) in [5, 5.41) is 13.4. The van der Waals surface area contributed by atoms with Crippen LogP contribution in [-0.2, 0) is 10.1 Å². The minimum Gasteiger partial charge on any atom is -0.396 e. The molecule has 0 saturated carbocycles. The number of nitrogens with one attached hydrogen (secondary N) is 1. The van der Waals surface area contributed by atoms with E-state index >= 15 is 0 Å². The summed E-state index contributed by atoms with van der Waals surface area (Å²) in [5.74, 6) is 0. The van der Waals surface area contributed by atoms with Gasteiger partial charge in [-0.3, -0.25) is 9.98 Å². The van der Waals surface area contributed by atoms with Gasteiger partial charge >= 0.3 is 0 Å². The highest BCUT2D eigenvalue weighted by atomic mass is 32.2. The van der Waals surface area contributed by atoms with Crippen LogP contribution in [-0.4, -0.2) is 18.7 Å². The second-order valence-corrected chi connectivity index (χ2v) is 9.58. The first-order chi connectivity index (χ1) is 15.6. The molecule has 9 heteroatoms. The summed E-state index contributed by atoms with van der Waals surface area (Å²) in [6, 6.07) is 7.83. The molecule has 0 amide bonds. The third-order valence-electron chi connectivity index (χ3n) is 5.18. The van der Waals surface area contributed by atoms with Crippen molar-refractivity contribution >= 4 is 38.0 Å². The number of azo groups is 1. The summed E-state index contributed by atoms with van der Waals surface area (Å²) >= 11 is 0. The fourth-order valence-corrected chi connectivity index (χ4v) is 4.10. The van der Waals surface area contributed by atoms with Crippen LogP contribution in [0.15, 0.2) is 111 Å². The van der Waals surface area contributed by atoms with E-state index in [1.807, 2.05) is 18.2 Å². The molecular weight excluding hydrogens is 438 g/mol. The molecule has 168 valence electrons. The second kappa shape index (κ2) is 8.61. The van der Waals surface area contributed by atoms with Crippen LogP contribution in [0, 0.1) is 5.41 Å². The van der Waals surface area contributed by atoms with E-state index in [-0.39, 0.29) is 21.7 Å². The average molecular weight is 462 g/mol. The van der Waals surface area contributed by atoms with E-state index in [0.29, 0.717) is 22.2 Å². The number of nitrogens with two attached hydrogens (primary N) is 1. The third-order valence-corrected chi connectivity index (χ3v) is 6.07. The number of hydrogen-bond donors (Lipinski definition) is 3. The van der Waals surface area contributed by atoms with Gasteiger partial charge in [0.2, 0.25) is 0 Å². The summed E-state index contributed by atoms with van der Waals surface area (Å²) in [6.07, 6.45) is 15.3. The van der Waals surface area contributed by atoms with Gasteiger partial charge in [-0.25, -0.2) is 0 Å². The molecule has 0 aromatic heterocycles. The van der Waals surface area contributed by atoms with Crippen molar-refractivity contribution in [1.29, 1.82) is 0 Å². The van der Waals surface area contributed by atoms with Crippen LogP contribution in [0.4, 0.5) is 11.4 Å². The number of fused-ring (bicyclic) bond motifs is 1. The first kappa shape index (κ1) is 22.4. The Kier molecular flexibility index (Phi) is 5.84. The Morgan fingerprint density at radius 3 is 2.58 bits per heavy atom. The maximum absolute atomic E-state index is 11.9. The summed E-state index contributed by atoms with van der Waals surface area (Å²) in [4.78, 5) is -0.279. The van der Waals surface area contributed by atoms with Crippen molar-refractivity contribution in [3.8, 4) is 0 Å². The lowest BCUT2D eigenvalue weighted by atomic mass is 9.93. The Hall–Kier alpha value is -3.82.